The molecule has 0 saturated heterocycles. The molecule has 2 heterocycles. The maximum Gasteiger partial charge on any atom is 0.176 e. The van der Waals surface area contributed by atoms with E-state index in [1.807, 2.05) is 23.7 Å². The van der Waals surface area contributed by atoms with Gasteiger partial charge in [0, 0.05) is 31.7 Å². The largest absolute Gasteiger partial charge is 0.454 e. The van der Waals surface area contributed by atoms with E-state index in [1.54, 1.807) is 6.92 Å². The van der Waals surface area contributed by atoms with Crippen molar-refractivity contribution in [1.29, 1.82) is 0 Å². The number of Topliss-reactive ketones (excluding diaryl/α,β-unsaturated/α-hetero) is 1. The van der Waals surface area contributed by atoms with Crippen LogP contribution in [-0.2, 0) is 13.5 Å². The third-order valence-electron chi connectivity index (χ3n) is 4.15. The molecule has 0 N–H and O–H groups in total. The summed E-state index contributed by atoms with van der Waals surface area (Å²) in [6, 6.07) is 12.4. The first kappa shape index (κ1) is 14.6. The molecule has 0 bridgehead atoms. The van der Waals surface area contributed by atoms with Gasteiger partial charge in [-0.25, -0.2) is 0 Å². The fraction of sp³-hybridized carbons (Fsp3) is 0.316. The summed E-state index contributed by atoms with van der Waals surface area (Å²) in [6.07, 6.45) is 3.56. The number of unbranched alkanes of at least 4 members (excludes halogenated alkanes) is 1. The Morgan fingerprint density at radius 2 is 1.91 bits per heavy atom. The van der Waals surface area contributed by atoms with E-state index in [9.17, 15) is 4.79 Å². The van der Waals surface area contributed by atoms with Crippen molar-refractivity contribution in [3.8, 4) is 11.3 Å². The van der Waals surface area contributed by atoms with Crippen molar-refractivity contribution in [2.24, 2.45) is 7.05 Å². The molecule has 3 rings (SSSR count). The van der Waals surface area contributed by atoms with Crippen LogP contribution in [0.5, 0.6) is 0 Å². The van der Waals surface area contributed by atoms with Crippen LogP contribution < -0.4 is 0 Å². The highest BCUT2D eigenvalue weighted by Gasteiger charge is 2.14. The molecule has 3 nitrogen and oxygen atoms in total. The molecule has 0 spiro atoms. The first-order chi connectivity index (χ1) is 10.6. The predicted octanol–water partition coefficient (Wildman–Crippen LogP) is 4.98. The van der Waals surface area contributed by atoms with Gasteiger partial charge in [-0.1, -0.05) is 37.6 Å². The number of furan rings is 1. The number of aryl methyl sites for hydroxylation is 2. The second kappa shape index (κ2) is 5.84. The smallest absolute Gasteiger partial charge is 0.176 e. The SMILES string of the molecule is CCCCc1ccc(-c2cc3c(cc(C(C)=O)n3C)o2)cc1. The van der Waals surface area contributed by atoms with Crippen molar-refractivity contribution in [2.75, 3.05) is 0 Å². The van der Waals surface area contributed by atoms with Gasteiger partial charge in [-0.2, -0.15) is 0 Å². The fourth-order valence-electron chi connectivity index (χ4n) is 2.81. The highest BCUT2D eigenvalue weighted by atomic mass is 16.3. The normalized spacial score (nSPS) is 11.2. The molecule has 0 unspecified atom stereocenters. The second-order valence-corrected chi connectivity index (χ2v) is 5.81. The zero-order valence-corrected chi connectivity index (χ0v) is 13.3. The summed E-state index contributed by atoms with van der Waals surface area (Å²) in [5.74, 6) is 0.897. The third-order valence-corrected chi connectivity index (χ3v) is 4.15. The minimum Gasteiger partial charge on any atom is -0.454 e. The van der Waals surface area contributed by atoms with Crippen molar-refractivity contribution in [2.45, 2.75) is 33.1 Å². The molecular formula is C19H21NO2. The van der Waals surface area contributed by atoms with Gasteiger partial charge in [-0.3, -0.25) is 4.79 Å². The number of hydrogen-bond acceptors (Lipinski definition) is 2. The van der Waals surface area contributed by atoms with Crippen molar-refractivity contribution in [3.05, 3.63) is 47.7 Å². The standard InChI is InChI=1S/C19H21NO2/c1-4-5-6-14-7-9-15(10-8-14)18-12-17-19(22-18)11-16(13(2)21)20(17)3/h7-12H,4-6H2,1-3H3. The highest BCUT2D eigenvalue weighted by Crippen LogP contribution is 2.30. The van der Waals surface area contributed by atoms with Crippen LogP contribution in [0.1, 0.15) is 42.7 Å². The molecule has 0 fully saturated rings. The van der Waals surface area contributed by atoms with Gasteiger partial charge in [-0.05, 0) is 18.4 Å². The number of rotatable bonds is 5. The minimum atomic E-state index is 0.0516. The highest BCUT2D eigenvalue weighted by molar-refractivity contribution is 5.98. The molecule has 0 aliphatic heterocycles. The number of carbonyl (C=O) groups excluding carboxylic acids is 1. The molecule has 3 heteroatoms. The Bertz CT molecular complexity index is 806. The molecule has 114 valence electrons. The molecule has 2 aromatic heterocycles. The van der Waals surface area contributed by atoms with E-state index in [4.69, 9.17) is 4.42 Å². The van der Waals surface area contributed by atoms with E-state index >= 15 is 0 Å². The molecule has 0 atom stereocenters. The summed E-state index contributed by atoms with van der Waals surface area (Å²) >= 11 is 0. The molecule has 22 heavy (non-hydrogen) atoms. The number of fused-ring (bicyclic) bond motifs is 1. The molecular weight excluding hydrogens is 274 g/mol. The Kier molecular flexibility index (Phi) is 3.88. The van der Waals surface area contributed by atoms with Gasteiger partial charge in [0.15, 0.2) is 11.4 Å². The lowest BCUT2D eigenvalue weighted by molar-refractivity contribution is 0.101. The van der Waals surface area contributed by atoms with Crippen LogP contribution in [0.25, 0.3) is 22.4 Å². The van der Waals surface area contributed by atoms with Gasteiger partial charge >= 0.3 is 0 Å². The van der Waals surface area contributed by atoms with E-state index < -0.39 is 0 Å². The fourth-order valence-corrected chi connectivity index (χ4v) is 2.81. The molecule has 0 saturated carbocycles. The van der Waals surface area contributed by atoms with Crippen molar-refractivity contribution in [1.82, 2.24) is 4.57 Å². The summed E-state index contributed by atoms with van der Waals surface area (Å²) in [7, 11) is 1.90. The average Bonchev–Trinajstić information content (AvgIpc) is 3.06. The summed E-state index contributed by atoms with van der Waals surface area (Å²) in [5, 5.41) is 0. The monoisotopic (exact) mass is 295 g/mol. The maximum atomic E-state index is 11.5. The zero-order chi connectivity index (χ0) is 15.7. The number of aromatic nitrogens is 1. The van der Waals surface area contributed by atoms with Crippen molar-refractivity contribution < 1.29 is 9.21 Å². The topological polar surface area (TPSA) is 35.1 Å². The number of nitrogens with zero attached hydrogens (tertiary/aromatic N) is 1. The van der Waals surface area contributed by atoms with Gasteiger partial charge in [-0.15, -0.1) is 0 Å². The maximum absolute atomic E-state index is 11.5. The molecule has 0 aliphatic rings. The van der Waals surface area contributed by atoms with Crippen LogP contribution in [-0.4, -0.2) is 10.4 Å². The van der Waals surface area contributed by atoms with Crippen LogP contribution in [0.15, 0.2) is 40.8 Å². The van der Waals surface area contributed by atoms with Crippen LogP contribution in [0.2, 0.25) is 0 Å². The van der Waals surface area contributed by atoms with Gasteiger partial charge < -0.3 is 8.98 Å². The van der Waals surface area contributed by atoms with E-state index in [-0.39, 0.29) is 5.78 Å². The van der Waals surface area contributed by atoms with Crippen LogP contribution >= 0.6 is 0 Å². The van der Waals surface area contributed by atoms with E-state index in [2.05, 4.69) is 31.2 Å². The Hall–Kier alpha value is -2.29. The number of benzene rings is 1. The first-order valence-electron chi connectivity index (χ1n) is 7.79. The number of carbonyl (C=O) groups is 1. The third kappa shape index (κ3) is 2.59. The van der Waals surface area contributed by atoms with Gasteiger partial charge in [0.2, 0.25) is 0 Å². The van der Waals surface area contributed by atoms with E-state index in [0.717, 1.165) is 28.8 Å². The van der Waals surface area contributed by atoms with Gasteiger partial charge in [0.05, 0.1) is 11.2 Å². The molecule has 0 aliphatic carbocycles. The Morgan fingerprint density at radius 3 is 2.50 bits per heavy atom. The van der Waals surface area contributed by atoms with Gasteiger partial charge in [0.1, 0.15) is 5.76 Å². The quantitative estimate of drug-likeness (QED) is 0.622. The van der Waals surface area contributed by atoms with Crippen LogP contribution in [0.3, 0.4) is 0 Å². The molecule has 0 radical (unpaired) electrons. The molecule has 0 amide bonds. The number of ketones is 1. The second-order valence-electron chi connectivity index (χ2n) is 5.81. The van der Waals surface area contributed by atoms with Crippen molar-refractivity contribution in [3.63, 3.8) is 0 Å². The number of hydrogen-bond donors (Lipinski definition) is 0. The Morgan fingerprint density at radius 1 is 1.18 bits per heavy atom. The average molecular weight is 295 g/mol. The lowest BCUT2D eigenvalue weighted by Gasteiger charge is -2.02. The predicted molar refractivity (Wildman–Crippen MR) is 89.2 cm³/mol. The van der Waals surface area contributed by atoms with Crippen LogP contribution in [0, 0.1) is 0 Å². The summed E-state index contributed by atoms with van der Waals surface area (Å²) in [5.41, 5.74) is 4.82. The van der Waals surface area contributed by atoms with Gasteiger partial charge in [0.25, 0.3) is 0 Å². The van der Waals surface area contributed by atoms with E-state index in [0.29, 0.717) is 5.69 Å². The van der Waals surface area contributed by atoms with E-state index in [1.165, 1.54) is 18.4 Å². The zero-order valence-electron chi connectivity index (χ0n) is 13.3. The Labute approximate surface area is 130 Å². The lowest BCUT2D eigenvalue weighted by atomic mass is 10.1. The van der Waals surface area contributed by atoms with Crippen molar-refractivity contribution >= 4 is 16.9 Å². The minimum absolute atomic E-state index is 0.0516. The first-order valence-corrected chi connectivity index (χ1v) is 7.79. The summed E-state index contributed by atoms with van der Waals surface area (Å²) < 4.78 is 7.80. The molecule has 3 aromatic rings. The van der Waals surface area contributed by atoms with Crippen LogP contribution in [0.4, 0.5) is 0 Å². The summed E-state index contributed by atoms with van der Waals surface area (Å²) in [6.45, 7) is 3.78. The Balaban J connectivity index is 1.92. The summed E-state index contributed by atoms with van der Waals surface area (Å²) in [4.78, 5) is 11.5. The molecule has 1 aromatic carbocycles. The lowest BCUT2D eigenvalue weighted by Crippen LogP contribution is -2.00.